The van der Waals surface area contributed by atoms with Crippen molar-refractivity contribution in [1.29, 1.82) is 0 Å². The number of hydrogen-bond acceptors (Lipinski definition) is 7. The third-order valence-corrected chi connectivity index (χ3v) is 6.49. The van der Waals surface area contributed by atoms with Crippen LogP contribution in [-0.4, -0.2) is 34.7 Å². The van der Waals surface area contributed by atoms with E-state index in [1.54, 1.807) is 90.1 Å². The highest BCUT2D eigenvalue weighted by Crippen LogP contribution is 2.22. The Kier molecular flexibility index (Phi) is 13.4. The molecule has 228 valence electrons. The number of carbonyl (C=O) groups is 4. The summed E-state index contributed by atoms with van der Waals surface area (Å²) in [5, 5.41) is 3.61. The van der Waals surface area contributed by atoms with E-state index in [9.17, 15) is 19.2 Å². The fourth-order valence-electron chi connectivity index (χ4n) is 3.33. The Hall–Kier alpha value is -3.21. The Labute approximate surface area is 276 Å². The lowest BCUT2D eigenvalue weighted by Gasteiger charge is -2.20. The standard InChI is InChI=1S/C20H19ClINO3.C13H15ClO3/c1-20(2,3)26-19(25)16(12-23-14-10-8-13(22)9-11-14)18(24)15-6-4-5-7-17(15)21;1-13(2,3)17-12(16)8-11(15)9-6-4-5-7-10(9)14/h4-12,23H,1-3H3;4-7H,8H2,1-3H3. The van der Waals surface area contributed by atoms with Gasteiger partial charge in [-0.05, 0) is 113 Å². The molecule has 0 saturated carbocycles. The van der Waals surface area contributed by atoms with Crippen LogP contribution in [0, 0.1) is 3.57 Å². The van der Waals surface area contributed by atoms with E-state index in [2.05, 4.69) is 27.9 Å². The van der Waals surface area contributed by atoms with E-state index in [1.165, 1.54) is 6.20 Å². The van der Waals surface area contributed by atoms with Crippen molar-refractivity contribution in [1.82, 2.24) is 0 Å². The zero-order valence-electron chi connectivity index (χ0n) is 24.8. The lowest BCUT2D eigenvalue weighted by atomic mass is 10.0. The van der Waals surface area contributed by atoms with Gasteiger partial charge in [0.15, 0.2) is 5.78 Å². The summed E-state index contributed by atoms with van der Waals surface area (Å²) in [4.78, 5) is 48.7. The maximum absolute atomic E-state index is 12.9. The molecule has 3 aromatic carbocycles. The van der Waals surface area contributed by atoms with Crippen molar-refractivity contribution < 1.29 is 28.7 Å². The summed E-state index contributed by atoms with van der Waals surface area (Å²) in [6.45, 7) is 10.5. The Morgan fingerprint density at radius 1 is 0.744 bits per heavy atom. The number of anilines is 1. The predicted octanol–water partition coefficient (Wildman–Crippen LogP) is 8.72. The molecule has 0 heterocycles. The summed E-state index contributed by atoms with van der Waals surface area (Å²) in [5.74, 6) is -2.07. The van der Waals surface area contributed by atoms with Crippen LogP contribution in [0.15, 0.2) is 84.6 Å². The van der Waals surface area contributed by atoms with Crippen LogP contribution >= 0.6 is 45.8 Å². The summed E-state index contributed by atoms with van der Waals surface area (Å²) < 4.78 is 11.5. The number of Topliss-reactive ketones (excluding diaryl/α,β-unsaturated/α-hetero) is 2. The van der Waals surface area contributed by atoms with E-state index in [-0.39, 0.29) is 28.4 Å². The van der Waals surface area contributed by atoms with Crippen molar-refractivity contribution in [2.24, 2.45) is 0 Å². The molecule has 0 amide bonds. The highest BCUT2D eigenvalue weighted by atomic mass is 127. The predicted molar refractivity (Wildman–Crippen MR) is 179 cm³/mol. The number of nitrogens with one attached hydrogen (secondary N) is 1. The Morgan fingerprint density at radius 2 is 1.23 bits per heavy atom. The van der Waals surface area contributed by atoms with Crippen LogP contribution in [0.25, 0.3) is 0 Å². The molecule has 0 saturated heterocycles. The molecule has 0 aromatic heterocycles. The number of esters is 2. The van der Waals surface area contributed by atoms with Gasteiger partial charge in [0, 0.05) is 26.6 Å². The number of ether oxygens (including phenoxy) is 2. The van der Waals surface area contributed by atoms with E-state index in [1.807, 2.05) is 24.3 Å². The second-order valence-electron chi connectivity index (χ2n) is 11.2. The van der Waals surface area contributed by atoms with Crippen molar-refractivity contribution in [3.63, 3.8) is 0 Å². The molecule has 0 fully saturated rings. The zero-order chi connectivity index (χ0) is 32.4. The largest absolute Gasteiger partial charge is 0.460 e. The number of halogens is 3. The van der Waals surface area contributed by atoms with Crippen LogP contribution in [0.1, 0.15) is 68.7 Å². The van der Waals surface area contributed by atoms with Crippen molar-refractivity contribution in [2.75, 3.05) is 5.32 Å². The van der Waals surface area contributed by atoms with Gasteiger partial charge in [0.05, 0.1) is 10.0 Å². The summed E-state index contributed by atoms with van der Waals surface area (Å²) >= 11 is 14.2. The van der Waals surface area contributed by atoms with Crippen molar-refractivity contribution in [3.05, 3.63) is 109 Å². The second kappa shape index (κ2) is 16.0. The molecule has 10 heteroatoms. The Morgan fingerprint density at radius 3 is 1.72 bits per heavy atom. The second-order valence-corrected chi connectivity index (χ2v) is 13.2. The monoisotopic (exact) mass is 737 g/mol. The smallest absolute Gasteiger partial charge is 0.344 e. The van der Waals surface area contributed by atoms with Crippen LogP contribution in [0.3, 0.4) is 0 Å². The van der Waals surface area contributed by atoms with E-state index < -0.39 is 28.9 Å². The van der Waals surface area contributed by atoms with Gasteiger partial charge in [0.25, 0.3) is 0 Å². The average molecular weight is 738 g/mol. The average Bonchev–Trinajstić information content (AvgIpc) is 2.88. The van der Waals surface area contributed by atoms with Gasteiger partial charge in [-0.2, -0.15) is 0 Å². The fraction of sp³-hybridized carbons (Fsp3) is 0.273. The van der Waals surface area contributed by atoms with Gasteiger partial charge in [0.2, 0.25) is 5.78 Å². The molecular formula is C33H34Cl2INO6. The molecule has 0 unspecified atom stereocenters. The normalized spacial score (nSPS) is 11.5. The summed E-state index contributed by atoms with van der Waals surface area (Å²) in [6.07, 6.45) is 1.07. The van der Waals surface area contributed by atoms with Crippen LogP contribution in [0.2, 0.25) is 10.0 Å². The van der Waals surface area contributed by atoms with E-state index in [0.29, 0.717) is 10.6 Å². The quantitative estimate of drug-likeness (QED) is 0.0617. The van der Waals surface area contributed by atoms with Gasteiger partial charge in [0.1, 0.15) is 23.2 Å². The molecule has 7 nitrogen and oxygen atoms in total. The van der Waals surface area contributed by atoms with Gasteiger partial charge < -0.3 is 14.8 Å². The first-order chi connectivity index (χ1) is 20.0. The summed E-state index contributed by atoms with van der Waals surface area (Å²) in [6, 6.07) is 20.8. The van der Waals surface area contributed by atoms with Gasteiger partial charge in [-0.15, -0.1) is 0 Å². The van der Waals surface area contributed by atoms with Crippen LogP contribution < -0.4 is 5.32 Å². The molecule has 0 aliphatic carbocycles. The van der Waals surface area contributed by atoms with Gasteiger partial charge >= 0.3 is 11.9 Å². The molecule has 0 radical (unpaired) electrons. The Balaban J connectivity index is 0.000000329. The lowest BCUT2D eigenvalue weighted by molar-refractivity contribution is -0.153. The first-order valence-electron chi connectivity index (χ1n) is 13.2. The minimum absolute atomic E-state index is 0.119. The molecule has 43 heavy (non-hydrogen) atoms. The molecule has 0 atom stereocenters. The van der Waals surface area contributed by atoms with E-state index in [0.717, 1.165) is 9.26 Å². The highest BCUT2D eigenvalue weighted by molar-refractivity contribution is 14.1. The number of carbonyl (C=O) groups excluding carboxylic acids is 4. The van der Waals surface area contributed by atoms with Gasteiger partial charge in [-0.25, -0.2) is 4.79 Å². The molecule has 3 aromatic rings. The maximum Gasteiger partial charge on any atom is 0.344 e. The summed E-state index contributed by atoms with van der Waals surface area (Å²) in [5.41, 5.74) is -0.0850. The van der Waals surface area contributed by atoms with Crippen molar-refractivity contribution >= 4 is 75.0 Å². The minimum atomic E-state index is -0.722. The molecule has 0 bridgehead atoms. The molecular weight excluding hydrogens is 704 g/mol. The van der Waals surface area contributed by atoms with Crippen molar-refractivity contribution in [3.8, 4) is 0 Å². The molecule has 1 N–H and O–H groups in total. The molecule has 3 rings (SSSR count). The first-order valence-corrected chi connectivity index (χ1v) is 15.0. The third-order valence-electron chi connectivity index (χ3n) is 5.11. The van der Waals surface area contributed by atoms with Crippen molar-refractivity contribution in [2.45, 2.75) is 59.2 Å². The van der Waals surface area contributed by atoms with Crippen LogP contribution in [0.5, 0.6) is 0 Å². The summed E-state index contributed by atoms with van der Waals surface area (Å²) in [7, 11) is 0. The van der Waals surface area contributed by atoms with E-state index in [4.69, 9.17) is 32.7 Å². The number of hydrogen-bond donors (Lipinski definition) is 1. The van der Waals surface area contributed by atoms with E-state index >= 15 is 0 Å². The lowest BCUT2D eigenvalue weighted by Crippen LogP contribution is -2.27. The van der Waals surface area contributed by atoms with Gasteiger partial charge in [-0.1, -0.05) is 47.5 Å². The molecule has 0 aliphatic heterocycles. The zero-order valence-corrected chi connectivity index (χ0v) is 28.5. The topological polar surface area (TPSA) is 98.8 Å². The number of benzene rings is 3. The molecule has 0 aliphatic rings. The number of ketones is 2. The number of rotatable bonds is 8. The van der Waals surface area contributed by atoms with Crippen LogP contribution in [0.4, 0.5) is 5.69 Å². The SMILES string of the molecule is CC(C)(C)OC(=O)C(=CNc1ccc(I)cc1)C(=O)c1ccccc1Cl.CC(C)(C)OC(=O)CC(=O)c1ccccc1Cl. The first kappa shape index (κ1) is 36.0. The molecule has 0 spiro atoms. The maximum atomic E-state index is 12.9. The minimum Gasteiger partial charge on any atom is -0.460 e. The van der Waals surface area contributed by atoms with Gasteiger partial charge in [-0.3, -0.25) is 14.4 Å². The Bertz CT molecular complexity index is 1490. The third kappa shape index (κ3) is 12.9. The van der Waals surface area contributed by atoms with Crippen LogP contribution in [-0.2, 0) is 19.1 Å². The fourth-order valence-corrected chi connectivity index (χ4v) is 4.16. The highest BCUT2D eigenvalue weighted by Gasteiger charge is 2.27.